The first kappa shape index (κ1) is 22.9. The number of nitrogens with zero attached hydrogens (tertiary/aromatic N) is 1. The molecule has 3 nitrogen and oxygen atoms in total. The summed E-state index contributed by atoms with van der Waals surface area (Å²) in [5.41, 5.74) is 1.63. The number of hydrogen-bond acceptors (Lipinski definition) is 3. The van der Waals surface area contributed by atoms with E-state index in [1.165, 1.54) is 4.31 Å². The number of hydrogen-bond donors (Lipinski definition) is 0. The van der Waals surface area contributed by atoms with Gasteiger partial charge in [-0.25, -0.2) is 8.42 Å². The van der Waals surface area contributed by atoms with Gasteiger partial charge in [-0.15, -0.1) is 17.8 Å². The zero-order valence-electron chi connectivity index (χ0n) is 18.8. The van der Waals surface area contributed by atoms with Gasteiger partial charge in [-0.3, -0.25) is 0 Å². The molecule has 0 aliphatic rings. The van der Waals surface area contributed by atoms with Gasteiger partial charge in [-0.05, 0) is 30.3 Å². The van der Waals surface area contributed by atoms with E-state index in [9.17, 15) is 8.42 Å². The number of terminal acetylenes is 1. The SMILES string of the molecule is C#CCN(C(C#Cc1ccccc1)c1cccc2c1sc1ccccc12)S(=O)(=O)c1ccccc1. The summed E-state index contributed by atoms with van der Waals surface area (Å²) in [6.45, 7) is -0.105. The molecule has 0 spiro atoms. The summed E-state index contributed by atoms with van der Waals surface area (Å²) in [7, 11) is -3.92. The molecule has 0 bridgehead atoms. The Labute approximate surface area is 209 Å². The maximum Gasteiger partial charge on any atom is 0.245 e. The first-order valence-electron chi connectivity index (χ1n) is 11.1. The van der Waals surface area contributed by atoms with Crippen molar-refractivity contribution < 1.29 is 8.42 Å². The van der Waals surface area contributed by atoms with Crippen molar-refractivity contribution in [2.45, 2.75) is 10.9 Å². The van der Waals surface area contributed by atoms with Crippen molar-refractivity contribution in [3.05, 3.63) is 114 Å². The molecule has 0 amide bonds. The molecule has 0 aliphatic carbocycles. The smallest absolute Gasteiger partial charge is 0.207 e. The zero-order valence-corrected chi connectivity index (χ0v) is 20.4. The van der Waals surface area contributed by atoms with Crippen LogP contribution in [0.25, 0.3) is 20.2 Å². The van der Waals surface area contributed by atoms with Crippen LogP contribution in [-0.4, -0.2) is 19.3 Å². The number of fused-ring (bicyclic) bond motifs is 3. The third-order valence-corrected chi connectivity index (χ3v) is 8.80. The van der Waals surface area contributed by atoms with E-state index >= 15 is 0 Å². The van der Waals surface area contributed by atoms with E-state index in [-0.39, 0.29) is 11.4 Å². The predicted molar refractivity (Wildman–Crippen MR) is 145 cm³/mol. The van der Waals surface area contributed by atoms with E-state index in [4.69, 9.17) is 6.42 Å². The standard InChI is InChI=1S/C30H21NO2S2/c1-2-22-31(35(32,33)24-14-7-4-8-15-24)28(21-20-23-12-5-3-6-13-23)27-18-11-17-26-25-16-9-10-19-29(25)34-30(26)27/h1,3-19,28H,22H2. The van der Waals surface area contributed by atoms with Gasteiger partial charge in [0.25, 0.3) is 0 Å². The lowest BCUT2D eigenvalue weighted by atomic mass is 10.0. The lowest BCUT2D eigenvalue weighted by Crippen LogP contribution is -2.35. The monoisotopic (exact) mass is 491 g/mol. The summed E-state index contributed by atoms with van der Waals surface area (Å²) in [6.07, 6.45) is 5.70. The molecule has 1 aromatic heterocycles. The van der Waals surface area contributed by atoms with E-state index in [0.717, 1.165) is 31.3 Å². The highest BCUT2D eigenvalue weighted by molar-refractivity contribution is 7.89. The molecule has 0 N–H and O–H groups in total. The third kappa shape index (κ3) is 4.46. The summed E-state index contributed by atoms with van der Waals surface area (Å²) in [5, 5.41) is 2.21. The highest BCUT2D eigenvalue weighted by Gasteiger charge is 2.32. The highest BCUT2D eigenvalue weighted by atomic mass is 32.2. The topological polar surface area (TPSA) is 37.4 Å². The fourth-order valence-electron chi connectivity index (χ4n) is 4.10. The first-order chi connectivity index (χ1) is 17.1. The Kier molecular flexibility index (Phi) is 6.40. The lowest BCUT2D eigenvalue weighted by molar-refractivity contribution is 0.412. The largest absolute Gasteiger partial charge is 0.245 e. The number of sulfonamides is 1. The molecule has 0 fully saturated rings. The Morgan fingerprint density at radius 3 is 2.20 bits per heavy atom. The van der Waals surface area contributed by atoms with Gasteiger partial charge in [0.1, 0.15) is 6.04 Å². The molecule has 35 heavy (non-hydrogen) atoms. The summed E-state index contributed by atoms with van der Waals surface area (Å²) in [6, 6.07) is 31.3. The minimum atomic E-state index is -3.92. The molecule has 170 valence electrons. The number of benzene rings is 4. The normalized spacial score (nSPS) is 12.2. The second kappa shape index (κ2) is 9.78. The van der Waals surface area contributed by atoms with Crippen LogP contribution in [0.2, 0.25) is 0 Å². The van der Waals surface area contributed by atoms with Crippen LogP contribution in [-0.2, 0) is 10.0 Å². The summed E-state index contributed by atoms with van der Waals surface area (Å²) < 4.78 is 31.1. The van der Waals surface area contributed by atoms with Gasteiger partial charge in [0.05, 0.1) is 11.4 Å². The van der Waals surface area contributed by atoms with Crippen LogP contribution in [0.5, 0.6) is 0 Å². The minimum Gasteiger partial charge on any atom is -0.207 e. The maximum atomic E-state index is 13.8. The van der Waals surface area contributed by atoms with Crippen LogP contribution < -0.4 is 0 Å². The molecular formula is C30H21NO2S2. The molecule has 0 radical (unpaired) electrons. The molecule has 5 heteroatoms. The Balaban J connectivity index is 1.75. The van der Waals surface area contributed by atoms with Crippen molar-refractivity contribution in [1.29, 1.82) is 0 Å². The third-order valence-electron chi connectivity index (χ3n) is 5.74. The van der Waals surface area contributed by atoms with E-state index in [1.807, 2.05) is 54.6 Å². The van der Waals surface area contributed by atoms with Crippen molar-refractivity contribution in [2.24, 2.45) is 0 Å². The first-order valence-corrected chi connectivity index (χ1v) is 13.3. The molecule has 4 aromatic carbocycles. The van der Waals surface area contributed by atoms with Gasteiger partial charge >= 0.3 is 0 Å². The van der Waals surface area contributed by atoms with Crippen molar-refractivity contribution >= 4 is 41.5 Å². The minimum absolute atomic E-state index is 0.105. The highest BCUT2D eigenvalue weighted by Crippen LogP contribution is 2.40. The van der Waals surface area contributed by atoms with Crippen molar-refractivity contribution in [1.82, 2.24) is 4.31 Å². The van der Waals surface area contributed by atoms with E-state index < -0.39 is 16.1 Å². The summed E-state index contributed by atoms with van der Waals surface area (Å²) in [5.74, 6) is 8.99. The summed E-state index contributed by atoms with van der Waals surface area (Å²) in [4.78, 5) is 0.185. The van der Waals surface area contributed by atoms with Gasteiger partial charge in [0.2, 0.25) is 10.0 Å². The quantitative estimate of drug-likeness (QED) is 0.264. The second-order valence-electron chi connectivity index (χ2n) is 7.93. The molecular weight excluding hydrogens is 470 g/mol. The summed E-state index contributed by atoms with van der Waals surface area (Å²) >= 11 is 1.64. The van der Waals surface area contributed by atoms with E-state index in [2.05, 4.69) is 36.0 Å². The van der Waals surface area contributed by atoms with Crippen LogP contribution in [0.3, 0.4) is 0 Å². The zero-order chi connectivity index (χ0) is 24.3. The van der Waals surface area contributed by atoms with Crippen molar-refractivity contribution in [2.75, 3.05) is 6.54 Å². The average Bonchev–Trinajstić information content (AvgIpc) is 3.28. The molecule has 0 saturated heterocycles. The molecule has 1 atom stereocenters. The molecule has 5 aromatic rings. The van der Waals surface area contributed by atoms with Crippen LogP contribution in [0.4, 0.5) is 0 Å². The second-order valence-corrected chi connectivity index (χ2v) is 10.9. The van der Waals surface area contributed by atoms with Gasteiger partial charge in [0, 0.05) is 31.3 Å². The number of rotatable bonds is 5. The van der Waals surface area contributed by atoms with Crippen molar-refractivity contribution in [3.8, 4) is 24.2 Å². The number of thiophene rings is 1. The molecule has 0 aliphatic heterocycles. The average molecular weight is 492 g/mol. The van der Waals surface area contributed by atoms with Crippen LogP contribution in [0.15, 0.2) is 108 Å². The Morgan fingerprint density at radius 1 is 0.800 bits per heavy atom. The fraction of sp³-hybridized carbons (Fsp3) is 0.0667. The van der Waals surface area contributed by atoms with Gasteiger partial charge < -0.3 is 0 Å². The van der Waals surface area contributed by atoms with Crippen LogP contribution >= 0.6 is 11.3 Å². The maximum absolute atomic E-state index is 13.8. The Morgan fingerprint density at radius 2 is 1.46 bits per heavy atom. The molecule has 1 heterocycles. The van der Waals surface area contributed by atoms with Gasteiger partial charge in [-0.1, -0.05) is 90.6 Å². The lowest BCUT2D eigenvalue weighted by Gasteiger charge is -2.26. The predicted octanol–water partition coefficient (Wildman–Crippen LogP) is 6.47. The van der Waals surface area contributed by atoms with Gasteiger partial charge in [-0.2, -0.15) is 4.31 Å². The van der Waals surface area contributed by atoms with E-state index in [0.29, 0.717) is 0 Å². The molecule has 5 rings (SSSR count). The Hall–Kier alpha value is -3.87. The van der Waals surface area contributed by atoms with E-state index in [1.54, 1.807) is 41.7 Å². The molecule has 0 saturated carbocycles. The van der Waals surface area contributed by atoms with Crippen LogP contribution in [0, 0.1) is 24.2 Å². The van der Waals surface area contributed by atoms with Crippen molar-refractivity contribution in [3.63, 3.8) is 0 Å². The van der Waals surface area contributed by atoms with Gasteiger partial charge in [0.15, 0.2) is 0 Å². The van der Waals surface area contributed by atoms with Crippen LogP contribution in [0.1, 0.15) is 17.2 Å². The molecule has 1 unspecified atom stereocenters. The Bertz CT molecular complexity index is 1700. The fourth-order valence-corrected chi connectivity index (χ4v) is 6.80.